The summed E-state index contributed by atoms with van der Waals surface area (Å²) in [6.45, 7) is 4.58. The van der Waals surface area contributed by atoms with Gasteiger partial charge in [-0.1, -0.05) is 0 Å². The molecule has 0 radical (unpaired) electrons. The van der Waals surface area contributed by atoms with Crippen molar-refractivity contribution in [3.8, 4) is 0 Å². The molecule has 0 spiro atoms. The second-order valence-electron chi connectivity index (χ2n) is 5.65. The van der Waals surface area contributed by atoms with E-state index in [1.54, 1.807) is 12.5 Å². The summed E-state index contributed by atoms with van der Waals surface area (Å²) in [5.41, 5.74) is 6.56. The van der Waals surface area contributed by atoms with Gasteiger partial charge in [0.25, 0.3) is 5.91 Å². The van der Waals surface area contributed by atoms with E-state index in [-0.39, 0.29) is 5.92 Å². The molecular weight excluding hydrogens is 360 g/mol. The second-order valence-corrected chi connectivity index (χ2v) is 6.56. The van der Waals surface area contributed by atoms with Crippen molar-refractivity contribution in [3.05, 3.63) is 34.6 Å². The molecule has 1 aliphatic heterocycles. The zero-order chi connectivity index (χ0) is 16.4. The van der Waals surface area contributed by atoms with E-state index < -0.39 is 5.91 Å². The fraction of sp³-hybridized carbons (Fsp3) is 0.467. The summed E-state index contributed by atoms with van der Waals surface area (Å²) in [5.74, 6) is 0.776. The van der Waals surface area contributed by atoms with E-state index in [2.05, 4.69) is 47.5 Å². The van der Waals surface area contributed by atoms with Gasteiger partial charge in [-0.05, 0) is 41.8 Å². The molecule has 0 bridgehead atoms. The zero-order valence-corrected chi connectivity index (χ0v) is 14.5. The van der Waals surface area contributed by atoms with Crippen molar-refractivity contribution in [1.82, 2.24) is 19.7 Å². The Bertz CT molecular complexity index is 716. The topological polar surface area (TPSA) is 89.9 Å². The van der Waals surface area contributed by atoms with E-state index in [4.69, 9.17) is 5.73 Å². The average molecular weight is 379 g/mol. The molecule has 2 N–H and O–H groups in total. The van der Waals surface area contributed by atoms with Crippen LogP contribution in [-0.4, -0.2) is 38.7 Å². The van der Waals surface area contributed by atoms with Gasteiger partial charge in [0.05, 0.1) is 5.69 Å². The molecule has 3 heterocycles. The van der Waals surface area contributed by atoms with Gasteiger partial charge in [0.1, 0.15) is 12.2 Å². The number of carbonyl (C=O) groups is 1. The number of carbonyl (C=O) groups excluding carboxylic acids is 1. The summed E-state index contributed by atoms with van der Waals surface area (Å²) in [6, 6.07) is 1.90. The van der Waals surface area contributed by atoms with E-state index in [1.807, 2.05) is 6.07 Å². The molecule has 2 aromatic rings. The van der Waals surface area contributed by atoms with Crippen molar-refractivity contribution in [3.63, 3.8) is 0 Å². The lowest BCUT2D eigenvalue weighted by atomic mass is 9.96. The van der Waals surface area contributed by atoms with Crippen molar-refractivity contribution >= 4 is 27.5 Å². The molecule has 2 aromatic heterocycles. The van der Waals surface area contributed by atoms with Crippen molar-refractivity contribution in [2.24, 2.45) is 5.73 Å². The monoisotopic (exact) mass is 378 g/mol. The van der Waals surface area contributed by atoms with Gasteiger partial charge in [-0.25, -0.2) is 4.98 Å². The normalized spacial score (nSPS) is 18.2. The van der Waals surface area contributed by atoms with Gasteiger partial charge in [0.2, 0.25) is 0 Å². The summed E-state index contributed by atoms with van der Waals surface area (Å²) in [4.78, 5) is 18.0. The number of rotatable bonds is 4. The van der Waals surface area contributed by atoms with Gasteiger partial charge in [-0.15, -0.1) is 10.2 Å². The standard InChI is InChI=1S/C15H19BrN6O/c1-2-21-9-19-20-15(21)10-4-3-5-22(8-10)12-6-11(16)7-18-13(12)14(17)23/h6-7,9-10H,2-5,8H2,1H3,(H2,17,23). The SMILES string of the molecule is CCn1cnnc1C1CCCN(c2cc(Br)cnc2C(N)=O)C1. The van der Waals surface area contributed by atoms with Gasteiger partial charge >= 0.3 is 0 Å². The Morgan fingerprint density at radius 2 is 2.35 bits per heavy atom. The van der Waals surface area contributed by atoms with Crippen LogP contribution in [0, 0.1) is 0 Å². The fourth-order valence-corrected chi connectivity index (χ4v) is 3.41. The van der Waals surface area contributed by atoms with Crippen LogP contribution in [0.5, 0.6) is 0 Å². The van der Waals surface area contributed by atoms with Crippen LogP contribution < -0.4 is 10.6 Å². The number of anilines is 1. The number of amides is 1. The largest absolute Gasteiger partial charge is 0.369 e. The molecule has 1 amide bonds. The molecule has 0 aromatic carbocycles. The number of nitrogens with two attached hydrogens (primary N) is 1. The quantitative estimate of drug-likeness (QED) is 0.877. The van der Waals surface area contributed by atoms with E-state index in [0.29, 0.717) is 5.69 Å². The fourth-order valence-electron chi connectivity index (χ4n) is 3.09. The summed E-state index contributed by atoms with van der Waals surface area (Å²) in [5, 5.41) is 8.31. The first-order valence-electron chi connectivity index (χ1n) is 7.68. The molecular formula is C15H19BrN6O. The van der Waals surface area contributed by atoms with E-state index >= 15 is 0 Å². The summed E-state index contributed by atoms with van der Waals surface area (Å²) >= 11 is 3.42. The van der Waals surface area contributed by atoms with E-state index in [0.717, 1.165) is 48.5 Å². The highest BCUT2D eigenvalue weighted by Gasteiger charge is 2.27. The second kappa shape index (κ2) is 6.66. The zero-order valence-electron chi connectivity index (χ0n) is 12.9. The van der Waals surface area contributed by atoms with Crippen LogP contribution in [0.2, 0.25) is 0 Å². The van der Waals surface area contributed by atoms with Crippen molar-refractivity contribution in [2.75, 3.05) is 18.0 Å². The number of nitrogens with zero attached hydrogens (tertiary/aromatic N) is 5. The molecule has 0 aliphatic carbocycles. The highest BCUT2D eigenvalue weighted by atomic mass is 79.9. The number of aromatic nitrogens is 4. The molecule has 122 valence electrons. The third-order valence-corrected chi connectivity index (χ3v) is 4.61. The number of pyridine rings is 1. The Kier molecular flexibility index (Phi) is 4.61. The smallest absolute Gasteiger partial charge is 0.269 e. The van der Waals surface area contributed by atoms with Crippen LogP contribution >= 0.6 is 15.9 Å². The maximum atomic E-state index is 11.7. The van der Waals surface area contributed by atoms with Crippen LogP contribution in [0.4, 0.5) is 5.69 Å². The maximum absolute atomic E-state index is 11.7. The van der Waals surface area contributed by atoms with E-state index in [1.165, 1.54) is 0 Å². The summed E-state index contributed by atoms with van der Waals surface area (Å²) in [7, 11) is 0. The van der Waals surface area contributed by atoms with Crippen LogP contribution in [0.1, 0.15) is 42.0 Å². The number of primary amides is 1. The molecule has 1 saturated heterocycles. The number of piperidine rings is 1. The molecule has 8 heteroatoms. The van der Waals surface area contributed by atoms with Crippen LogP contribution in [0.25, 0.3) is 0 Å². The highest BCUT2D eigenvalue weighted by molar-refractivity contribution is 9.10. The van der Waals surface area contributed by atoms with Crippen LogP contribution in [0.15, 0.2) is 23.1 Å². The maximum Gasteiger partial charge on any atom is 0.269 e. The molecule has 1 fully saturated rings. The molecule has 1 atom stereocenters. The van der Waals surface area contributed by atoms with Crippen molar-refractivity contribution < 1.29 is 4.79 Å². The Labute approximate surface area is 143 Å². The lowest BCUT2D eigenvalue weighted by Gasteiger charge is -2.34. The lowest BCUT2D eigenvalue weighted by Crippen LogP contribution is -2.37. The molecule has 1 unspecified atom stereocenters. The van der Waals surface area contributed by atoms with Crippen molar-refractivity contribution in [2.45, 2.75) is 32.2 Å². The van der Waals surface area contributed by atoms with Gasteiger partial charge in [-0.2, -0.15) is 0 Å². The van der Waals surface area contributed by atoms with E-state index in [9.17, 15) is 4.79 Å². The van der Waals surface area contributed by atoms with Crippen LogP contribution in [0.3, 0.4) is 0 Å². The average Bonchev–Trinajstić information content (AvgIpc) is 3.03. The predicted molar refractivity (Wildman–Crippen MR) is 90.3 cm³/mol. The van der Waals surface area contributed by atoms with Gasteiger partial charge < -0.3 is 15.2 Å². The summed E-state index contributed by atoms with van der Waals surface area (Å²) in [6.07, 6.45) is 5.44. The predicted octanol–water partition coefficient (Wildman–Crippen LogP) is 1.94. The minimum atomic E-state index is -0.508. The first-order valence-corrected chi connectivity index (χ1v) is 8.47. The molecule has 3 rings (SSSR count). The van der Waals surface area contributed by atoms with Crippen molar-refractivity contribution in [1.29, 1.82) is 0 Å². The Hall–Kier alpha value is -1.96. The Morgan fingerprint density at radius 3 is 3.09 bits per heavy atom. The van der Waals surface area contributed by atoms with Crippen LogP contribution in [-0.2, 0) is 6.54 Å². The number of halogens is 1. The molecule has 7 nitrogen and oxygen atoms in total. The number of aryl methyl sites for hydroxylation is 1. The Balaban J connectivity index is 1.90. The highest BCUT2D eigenvalue weighted by Crippen LogP contribution is 2.31. The van der Waals surface area contributed by atoms with Gasteiger partial charge in [0, 0.05) is 36.2 Å². The first-order chi connectivity index (χ1) is 11.1. The number of hydrogen-bond acceptors (Lipinski definition) is 5. The molecule has 23 heavy (non-hydrogen) atoms. The summed E-state index contributed by atoms with van der Waals surface area (Å²) < 4.78 is 2.90. The third-order valence-electron chi connectivity index (χ3n) is 4.18. The molecule has 1 aliphatic rings. The van der Waals surface area contributed by atoms with Gasteiger partial charge in [-0.3, -0.25) is 4.79 Å². The van der Waals surface area contributed by atoms with Gasteiger partial charge in [0.15, 0.2) is 5.69 Å². The first kappa shape index (κ1) is 15.9. The lowest BCUT2D eigenvalue weighted by molar-refractivity contribution is 0.0996. The molecule has 0 saturated carbocycles. The minimum absolute atomic E-state index is 0.283. The minimum Gasteiger partial charge on any atom is -0.369 e. The number of hydrogen-bond donors (Lipinski definition) is 1. The third kappa shape index (κ3) is 3.21. The Morgan fingerprint density at radius 1 is 1.52 bits per heavy atom.